The van der Waals surface area contributed by atoms with Gasteiger partial charge in [0.1, 0.15) is 17.9 Å². The molecule has 18 heavy (non-hydrogen) atoms. The van der Waals surface area contributed by atoms with Crippen LogP contribution < -0.4 is 4.74 Å². The van der Waals surface area contributed by atoms with Crippen molar-refractivity contribution < 1.29 is 4.74 Å². The SMILES string of the molecule is CC(C)(C)C(COc1ccccc1)c1ncn[nH]1. The van der Waals surface area contributed by atoms with Gasteiger partial charge in [-0.2, -0.15) is 5.10 Å². The number of hydrogen-bond acceptors (Lipinski definition) is 3. The van der Waals surface area contributed by atoms with Crippen molar-refractivity contribution in [3.63, 3.8) is 0 Å². The quantitative estimate of drug-likeness (QED) is 0.900. The third kappa shape index (κ3) is 3.09. The van der Waals surface area contributed by atoms with Crippen LogP contribution in [0.4, 0.5) is 0 Å². The Morgan fingerprint density at radius 3 is 2.50 bits per heavy atom. The molecule has 96 valence electrons. The van der Waals surface area contributed by atoms with Gasteiger partial charge < -0.3 is 4.74 Å². The molecule has 2 aromatic rings. The molecule has 0 radical (unpaired) electrons. The Labute approximate surface area is 107 Å². The molecule has 0 saturated carbocycles. The third-order valence-corrected chi connectivity index (χ3v) is 2.97. The van der Waals surface area contributed by atoms with Crippen LogP contribution in [0.2, 0.25) is 0 Å². The van der Waals surface area contributed by atoms with Gasteiger partial charge in [0.15, 0.2) is 0 Å². The molecular weight excluding hydrogens is 226 g/mol. The summed E-state index contributed by atoms with van der Waals surface area (Å²) >= 11 is 0. The zero-order valence-electron chi connectivity index (χ0n) is 11.1. The Kier molecular flexibility index (Phi) is 3.65. The second-order valence-corrected chi connectivity index (χ2v) is 5.41. The predicted octanol–water partition coefficient (Wildman–Crippen LogP) is 3.01. The molecule has 1 N–H and O–H groups in total. The number of hydrogen-bond donors (Lipinski definition) is 1. The predicted molar refractivity (Wildman–Crippen MR) is 70.5 cm³/mol. The number of rotatable bonds is 4. The maximum absolute atomic E-state index is 5.83. The average Bonchev–Trinajstić information content (AvgIpc) is 2.82. The Hall–Kier alpha value is -1.84. The molecule has 4 nitrogen and oxygen atoms in total. The van der Waals surface area contributed by atoms with Crippen molar-refractivity contribution in [1.82, 2.24) is 15.2 Å². The van der Waals surface area contributed by atoms with Crippen LogP contribution in [-0.4, -0.2) is 21.8 Å². The molecule has 0 fully saturated rings. The van der Waals surface area contributed by atoms with E-state index < -0.39 is 0 Å². The molecule has 0 aliphatic carbocycles. The monoisotopic (exact) mass is 245 g/mol. The van der Waals surface area contributed by atoms with E-state index in [0.29, 0.717) is 6.61 Å². The molecule has 1 aromatic heterocycles. The molecule has 1 heterocycles. The fraction of sp³-hybridized carbons (Fsp3) is 0.429. The Morgan fingerprint density at radius 2 is 1.94 bits per heavy atom. The molecule has 0 spiro atoms. The highest BCUT2D eigenvalue weighted by Gasteiger charge is 2.29. The van der Waals surface area contributed by atoms with Gasteiger partial charge in [-0.15, -0.1) is 0 Å². The van der Waals surface area contributed by atoms with Crippen LogP contribution in [0.15, 0.2) is 36.7 Å². The van der Waals surface area contributed by atoms with Crippen LogP contribution >= 0.6 is 0 Å². The molecule has 0 saturated heterocycles. The van der Waals surface area contributed by atoms with Crippen LogP contribution in [0.3, 0.4) is 0 Å². The molecule has 1 aromatic carbocycles. The van der Waals surface area contributed by atoms with Gasteiger partial charge >= 0.3 is 0 Å². The first-order valence-corrected chi connectivity index (χ1v) is 6.10. The van der Waals surface area contributed by atoms with E-state index in [1.54, 1.807) is 0 Å². The third-order valence-electron chi connectivity index (χ3n) is 2.97. The lowest BCUT2D eigenvalue weighted by molar-refractivity contribution is 0.197. The smallest absolute Gasteiger partial charge is 0.137 e. The second-order valence-electron chi connectivity index (χ2n) is 5.41. The molecule has 4 heteroatoms. The van der Waals surface area contributed by atoms with Gasteiger partial charge in [-0.3, -0.25) is 5.10 Å². The van der Waals surface area contributed by atoms with Crippen LogP contribution in [0, 0.1) is 5.41 Å². The minimum atomic E-state index is 0.0638. The van der Waals surface area contributed by atoms with Crippen molar-refractivity contribution in [1.29, 1.82) is 0 Å². The summed E-state index contributed by atoms with van der Waals surface area (Å²) < 4.78 is 5.83. The van der Waals surface area contributed by atoms with Gasteiger partial charge in [-0.05, 0) is 17.5 Å². The number of aromatic nitrogens is 3. The Morgan fingerprint density at radius 1 is 1.22 bits per heavy atom. The van der Waals surface area contributed by atoms with E-state index in [9.17, 15) is 0 Å². The van der Waals surface area contributed by atoms with Gasteiger partial charge in [-0.25, -0.2) is 4.98 Å². The topological polar surface area (TPSA) is 50.8 Å². The van der Waals surface area contributed by atoms with Gasteiger partial charge in [0, 0.05) is 0 Å². The summed E-state index contributed by atoms with van der Waals surface area (Å²) in [6, 6.07) is 9.83. The largest absolute Gasteiger partial charge is 0.493 e. The minimum Gasteiger partial charge on any atom is -0.493 e. The normalized spacial score (nSPS) is 13.3. The molecule has 0 aliphatic rings. The highest BCUT2D eigenvalue weighted by Crippen LogP contribution is 2.33. The highest BCUT2D eigenvalue weighted by atomic mass is 16.5. The molecule has 0 aliphatic heterocycles. The van der Waals surface area contributed by atoms with Gasteiger partial charge in [0.25, 0.3) is 0 Å². The molecule has 0 amide bonds. The highest BCUT2D eigenvalue weighted by molar-refractivity contribution is 5.21. The maximum Gasteiger partial charge on any atom is 0.137 e. The van der Waals surface area contributed by atoms with E-state index in [2.05, 4.69) is 36.0 Å². The first kappa shape index (κ1) is 12.6. The van der Waals surface area contributed by atoms with Gasteiger partial charge in [0.2, 0.25) is 0 Å². The Balaban J connectivity index is 2.08. The summed E-state index contributed by atoms with van der Waals surface area (Å²) in [6.45, 7) is 7.11. The van der Waals surface area contributed by atoms with Crippen LogP contribution in [0.25, 0.3) is 0 Å². The van der Waals surface area contributed by atoms with Crippen molar-refractivity contribution in [2.45, 2.75) is 26.7 Å². The number of ether oxygens (including phenoxy) is 1. The van der Waals surface area contributed by atoms with E-state index in [4.69, 9.17) is 4.74 Å². The Bertz CT molecular complexity index is 460. The fourth-order valence-corrected chi connectivity index (χ4v) is 1.82. The van der Waals surface area contributed by atoms with Gasteiger partial charge in [-0.1, -0.05) is 39.0 Å². The summed E-state index contributed by atoms with van der Waals surface area (Å²) in [5.41, 5.74) is 0.0638. The number of benzene rings is 1. The van der Waals surface area contributed by atoms with E-state index >= 15 is 0 Å². The van der Waals surface area contributed by atoms with Crippen molar-refractivity contribution in [3.05, 3.63) is 42.5 Å². The van der Waals surface area contributed by atoms with E-state index in [1.165, 1.54) is 6.33 Å². The van der Waals surface area contributed by atoms with Gasteiger partial charge in [0.05, 0.1) is 12.5 Å². The standard InChI is InChI=1S/C14H19N3O/c1-14(2,3)12(13-15-10-16-17-13)9-18-11-7-5-4-6-8-11/h4-8,10,12H,9H2,1-3H3,(H,15,16,17). The molecular formula is C14H19N3O. The summed E-state index contributed by atoms with van der Waals surface area (Å²) in [5, 5.41) is 6.86. The summed E-state index contributed by atoms with van der Waals surface area (Å²) in [6.07, 6.45) is 1.54. The van der Waals surface area contributed by atoms with Crippen LogP contribution in [0.5, 0.6) is 5.75 Å². The first-order chi connectivity index (χ1) is 8.57. The van der Waals surface area contributed by atoms with Crippen LogP contribution in [-0.2, 0) is 0 Å². The number of H-pyrrole nitrogens is 1. The fourth-order valence-electron chi connectivity index (χ4n) is 1.82. The summed E-state index contributed by atoms with van der Waals surface area (Å²) in [5.74, 6) is 1.94. The van der Waals surface area contributed by atoms with Crippen molar-refractivity contribution in [2.75, 3.05) is 6.61 Å². The maximum atomic E-state index is 5.83. The second kappa shape index (κ2) is 5.21. The minimum absolute atomic E-state index is 0.0638. The molecule has 2 rings (SSSR count). The molecule has 1 atom stereocenters. The average molecular weight is 245 g/mol. The lowest BCUT2D eigenvalue weighted by Gasteiger charge is -2.28. The summed E-state index contributed by atoms with van der Waals surface area (Å²) in [7, 11) is 0. The number of aromatic amines is 1. The van der Waals surface area contributed by atoms with E-state index in [0.717, 1.165) is 11.6 Å². The summed E-state index contributed by atoms with van der Waals surface area (Å²) in [4.78, 5) is 4.25. The lowest BCUT2D eigenvalue weighted by atomic mass is 9.81. The first-order valence-electron chi connectivity index (χ1n) is 6.10. The number of nitrogens with one attached hydrogen (secondary N) is 1. The molecule has 0 bridgehead atoms. The van der Waals surface area contributed by atoms with E-state index in [1.807, 2.05) is 30.3 Å². The number of para-hydroxylation sites is 1. The number of nitrogens with zero attached hydrogens (tertiary/aromatic N) is 2. The van der Waals surface area contributed by atoms with Crippen LogP contribution in [0.1, 0.15) is 32.5 Å². The van der Waals surface area contributed by atoms with E-state index in [-0.39, 0.29) is 11.3 Å². The van der Waals surface area contributed by atoms with Crippen molar-refractivity contribution in [3.8, 4) is 5.75 Å². The lowest BCUT2D eigenvalue weighted by Crippen LogP contribution is -2.25. The molecule has 1 unspecified atom stereocenters. The zero-order valence-corrected chi connectivity index (χ0v) is 11.1. The zero-order chi connectivity index (χ0) is 13.0. The van der Waals surface area contributed by atoms with Crippen molar-refractivity contribution in [2.24, 2.45) is 5.41 Å². The van der Waals surface area contributed by atoms with Crippen molar-refractivity contribution >= 4 is 0 Å².